The number of amides is 1. The van der Waals surface area contributed by atoms with Crippen molar-refractivity contribution in [2.75, 3.05) is 32.9 Å². The predicted octanol–water partition coefficient (Wildman–Crippen LogP) is 2.80. The molecular formula is C17H24ClN3O2. The van der Waals surface area contributed by atoms with Gasteiger partial charge >= 0.3 is 0 Å². The number of likely N-dealkylation sites (N-methyl/N-ethyl adjacent to an activating group) is 1. The Balaban J connectivity index is 0.00000264. The van der Waals surface area contributed by atoms with Crippen molar-refractivity contribution < 1.29 is 9.21 Å². The lowest BCUT2D eigenvalue weighted by Crippen LogP contribution is -2.36. The van der Waals surface area contributed by atoms with Crippen LogP contribution in [-0.2, 0) is 6.54 Å². The van der Waals surface area contributed by atoms with Gasteiger partial charge in [0.25, 0.3) is 5.91 Å². The number of rotatable bonds is 6. The molecule has 126 valence electrons. The van der Waals surface area contributed by atoms with Crippen LogP contribution in [-0.4, -0.2) is 42.9 Å². The number of anilines is 1. The molecule has 23 heavy (non-hydrogen) atoms. The molecule has 0 saturated carbocycles. The minimum absolute atomic E-state index is 0. The zero-order valence-electron chi connectivity index (χ0n) is 13.8. The summed E-state index contributed by atoms with van der Waals surface area (Å²) in [5.74, 6) is 1.62. The molecule has 0 spiro atoms. The van der Waals surface area contributed by atoms with Gasteiger partial charge in [-0.05, 0) is 57.4 Å². The Labute approximate surface area is 143 Å². The van der Waals surface area contributed by atoms with Gasteiger partial charge in [0.2, 0.25) is 0 Å². The summed E-state index contributed by atoms with van der Waals surface area (Å²) in [6.07, 6.45) is 0. The highest BCUT2D eigenvalue weighted by Gasteiger charge is 2.17. The Bertz CT molecular complexity index is 623. The molecule has 6 heteroatoms. The monoisotopic (exact) mass is 337 g/mol. The Morgan fingerprint density at radius 1 is 1.09 bits per heavy atom. The van der Waals surface area contributed by atoms with Crippen molar-refractivity contribution in [2.45, 2.75) is 13.5 Å². The summed E-state index contributed by atoms with van der Waals surface area (Å²) < 4.78 is 5.60. The zero-order chi connectivity index (χ0) is 16.1. The molecule has 1 aromatic heterocycles. The smallest absolute Gasteiger partial charge is 0.254 e. The molecule has 2 rings (SSSR count). The van der Waals surface area contributed by atoms with Gasteiger partial charge in [0, 0.05) is 24.3 Å². The number of nitrogens with zero attached hydrogens (tertiary/aromatic N) is 2. The van der Waals surface area contributed by atoms with Crippen molar-refractivity contribution in [2.24, 2.45) is 0 Å². The Morgan fingerprint density at radius 3 is 2.26 bits per heavy atom. The molecule has 5 nitrogen and oxygen atoms in total. The third-order valence-electron chi connectivity index (χ3n) is 3.40. The van der Waals surface area contributed by atoms with E-state index in [-0.39, 0.29) is 18.3 Å². The fourth-order valence-electron chi connectivity index (χ4n) is 2.14. The number of carbonyl (C=O) groups is 1. The predicted molar refractivity (Wildman–Crippen MR) is 94.8 cm³/mol. The van der Waals surface area contributed by atoms with Crippen LogP contribution in [0.4, 0.5) is 5.69 Å². The molecule has 0 atom stereocenters. The molecule has 0 aliphatic heterocycles. The van der Waals surface area contributed by atoms with Gasteiger partial charge in [-0.15, -0.1) is 12.4 Å². The summed E-state index contributed by atoms with van der Waals surface area (Å²) in [7, 11) is 3.98. The van der Waals surface area contributed by atoms with Crippen LogP contribution in [0.5, 0.6) is 0 Å². The largest absolute Gasteiger partial charge is 0.464 e. The quantitative estimate of drug-likeness (QED) is 0.823. The summed E-state index contributed by atoms with van der Waals surface area (Å²) >= 11 is 0. The number of aryl methyl sites for hydroxylation is 1. The topological polar surface area (TPSA) is 62.7 Å². The molecule has 0 bridgehead atoms. The van der Waals surface area contributed by atoms with Crippen LogP contribution < -0.4 is 5.73 Å². The minimum Gasteiger partial charge on any atom is -0.464 e. The SMILES string of the molecule is Cc1ccc(CN(CCN(C)C)C(=O)c2ccc(N)cc2)o1.Cl. The fraction of sp³-hybridized carbons (Fsp3) is 0.353. The van der Waals surface area contributed by atoms with Crippen LogP contribution >= 0.6 is 12.4 Å². The lowest BCUT2D eigenvalue weighted by atomic mass is 10.1. The molecule has 1 aromatic carbocycles. The third kappa shape index (κ3) is 5.62. The van der Waals surface area contributed by atoms with Gasteiger partial charge in [-0.2, -0.15) is 0 Å². The van der Waals surface area contributed by atoms with E-state index in [9.17, 15) is 4.79 Å². The van der Waals surface area contributed by atoms with E-state index >= 15 is 0 Å². The molecule has 1 amide bonds. The van der Waals surface area contributed by atoms with E-state index in [2.05, 4.69) is 4.90 Å². The van der Waals surface area contributed by atoms with Crippen LogP contribution in [0.1, 0.15) is 21.9 Å². The first kappa shape index (κ1) is 19.1. The van der Waals surface area contributed by atoms with Gasteiger partial charge in [0.1, 0.15) is 11.5 Å². The zero-order valence-corrected chi connectivity index (χ0v) is 14.6. The van der Waals surface area contributed by atoms with Gasteiger partial charge in [0.05, 0.1) is 6.54 Å². The lowest BCUT2D eigenvalue weighted by Gasteiger charge is -2.23. The van der Waals surface area contributed by atoms with Crippen molar-refractivity contribution in [1.29, 1.82) is 0 Å². The summed E-state index contributed by atoms with van der Waals surface area (Å²) in [6.45, 7) is 3.79. The first-order chi connectivity index (χ1) is 10.5. The Kier molecular flexibility index (Phi) is 7.13. The van der Waals surface area contributed by atoms with Crippen LogP contribution in [0, 0.1) is 6.92 Å². The standard InChI is InChI=1S/C17H23N3O2.ClH/c1-13-4-9-16(22-13)12-20(11-10-19(2)3)17(21)14-5-7-15(18)8-6-14;/h4-9H,10-12,18H2,1-3H3;1H. The first-order valence-electron chi connectivity index (χ1n) is 7.30. The third-order valence-corrected chi connectivity index (χ3v) is 3.40. The minimum atomic E-state index is -0.0177. The summed E-state index contributed by atoms with van der Waals surface area (Å²) in [5.41, 5.74) is 6.97. The number of nitrogen functional groups attached to an aromatic ring is 1. The molecule has 1 heterocycles. The van der Waals surface area contributed by atoms with Gasteiger partial charge in [0.15, 0.2) is 0 Å². The summed E-state index contributed by atoms with van der Waals surface area (Å²) in [6, 6.07) is 10.8. The molecule has 0 aliphatic carbocycles. The van der Waals surface area contributed by atoms with E-state index in [1.54, 1.807) is 29.2 Å². The molecule has 2 N–H and O–H groups in total. The maximum absolute atomic E-state index is 12.7. The van der Waals surface area contributed by atoms with E-state index in [0.29, 0.717) is 24.3 Å². The highest BCUT2D eigenvalue weighted by molar-refractivity contribution is 5.94. The van der Waals surface area contributed by atoms with Crippen molar-refractivity contribution in [3.05, 3.63) is 53.5 Å². The number of nitrogens with two attached hydrogens (primary N) is 1. The molecule has 2 aromatic rings. The summed E-state index contributed by atoms with van der Waals surface area (Å²) in [4.78, 5) is 16.6. The normalized spacial score (nSPS) is 10.4. The van der Waals surface area contributed by atoms with Gasteiger partial charge in [-0.3, -0.25) is 4.79 Å². The van der Waals surface area contributed by atoms with Gasteiger partial charge < -0.3 is 20.0 Å². The average Bonchev–Trinajstić information content (AvgIpc) is 2.88. The van der Waals surface area contributed by atoms with Crippen molar-refractivity contribution in [3.63, 3.8) is 0 Å². The number of benzene rings is 1. The van der Waals surface area contributed by atoms with Crippen molar-refractivity contribution in [3.8, 4) is 0 Å². The second-order valence-electron chi connectivity index (χ2n) is 5.66. The van der Waals surface area contributed by atoms with Crippen LogP contribution in [0.3, 0.4) is 0 Å². The Hall–Kier alpha value is -1.98. The van der Waals surface area contributed by atoms with Crippen molar-refractivity contribution in [1.82, 2.24) is 9.80 Å². The van der Waals surface area contributed by atoms with Gasteiger partial charge in [-0.25, -0.2) is 0 Å². The summed E-state index contributed by atoms with van der Waals surface area (Å²) in [5, 5.41) is 0. The second-order valence-corrected chi connectivity index (χ2v) is 5.66. The van der Waals surface area contributed by atoms with E-state index in [1.165, 1.54) is 0 Å². The van der Waals surface area contributed by atoms with E-state index < -0.39 is 0 Å². The molecule has 0 radical (unpaired) electrons. The first-order valence-corrected chi connectivity index (χ1v) is 7.30. The second kappa shape index (κ2) is 8.60. The number of hydrogen-bond acceptors (Lipinski definition) is 4. The Morgan fingerprint density at radius 2 is 1.74 bits per heavy atom. The van der Waals surface area contributed by atoms with Crippen LogP contribution in [0.25, 0.3) is 0 Å². The number of carbonyl (C=O) groups excluding carboxylic acids is 1. The number of halogens is 1. The molecule has 0 fully saturated rings. The van der Waals surface area contributed by atoms with Crippen molar-refractivity contribution >= 4 is 24.0 Å². The molecule has 0 aliphatic rings. The molecule has 0 unspecified atom stereocenters. The van der Waals surface area contributed by atoms with Crippen LogP contribution in [0.15, 0.2) is 40.8 Å². The van der Waals surface area contributed by atoms with Crippen LogP contribution in [0.2, 0.25) is 0 Å². The fourth-order valence-corrected chi connectivity index (χ4v) is 2.14. The van der Waals surface area contributed by atoms with E-state index in [4.69, 9.17) is 10.2 Å². The van der Waals surface area contributed by atoms with E-state index in [1.807, 2.05) is 33.2 Å². The highest BCUT2D eigenvalue weighted by Crippen LogP contribution is 2.14. The maximum atomic E-state index is 12.7. The van der Waals surface area contributed by atoms with E-state index in [0.717, 1.165) is 18.1 Å². The maximum Gasteiger partial charge on any atom is 0.254 e. The number of hydrogen-bond donors (Lipinski definition) is 1. The molecule has 0 saturated heterocycles. The average molecular weight is 338 g/mol. The van der Waals surface area contributed by atoms with Gasteiger partial charge in [-0.1, -0.05) is 0 Å². The highest BCUT2D eigenvalue weighted by atomic mass is 35.5. The molecular weight excluding hydrogens is 314 g/mol. The lowest BCUT2D eigenvalue weighted by molar-refractivity contribution is 0.0719. The number of furan rings is 1.